The molecule has 0 radical (unpaired) electrons. The monoisotopic (exact) mass is 222 g/mol. The second-order valence-electron chi connectivity index (χ2n) is 3.54. The van der Waals surface area contributed by atoms with Gasteiger partial charge < -0.3 is 5.73 Å². The first-order valence-electron chi connectivity index (χ1n) is 4.35. The number of amidine groups is 1. The van der Waals surface area contributed by atoms with Crippen molar-refractivity contribution >= 4 is 16.0 Å². The summed E-state index contributed by atoms with van der Waals surface area (Å²) in [6.45, 7) is 5.67. The van der Waals surface area contributed by atoms with Gasteiger partial charge in [0.2, 0.25) is 0 Å². The Bertz CT molecular complexity index is 286. The Hall–Kier alpha value is -0.660. The molecule has 0 aliphatic rings. The lowest BCUT2D eigenvalue weighted by Gasteiger charge is -2.14. The Morgan fingerprint density at radius 2 is 1.93 bits per heavy atom. The van der Waals surface area contributed by atoms with Crippen LogP contribution in [0.3, 0.4) is 0 Å². The van der Waals surface area contributed by atoms with Crippen LogP contribution >= 0.6 is 0 Å². The van der Waals surface area contributed by atoms with Crippen LogP contribution in [0.4, 0.5) is 0 Å². The summed E-state index contributed by atoms with van der Waals surface area (Å²) >= 11 is 0. The Balaban J connectivity index is 4.15. The average molecular weight is 222 g/mol. The molecule has 6 nitrogen and oxygen atoms in total. The first-order chi connectivity index (χ1) is 6.24. The topological polar surface area (TPSA) is 108 Å². The first kappa shape index (κ1) is 13.3. The second kappa shape index (κ2) is 5.28. The molecule has 0 amide bonds. The minimum absolute atomic E-state index is 0.208. The van der Waals surface area contributed by atoms with Gasteiger partial charge in [0.15, 0.2) is 0 Å². The Kier molecular flexibility index (Phi) is 5.03. The van der Waals surface area contributed by atoms with Crippen LogP contribution in [0.15, 0.2) is 0 Å². The van der Waals surface area contributed by atoms with Gasteiger partial charge in [-0.25, -0.2) is 4.72 Å². The van der Waals surface area contributed by atoms with E-state index in [1.54, 1.807) is 0 Å². The molecule has 0 aliphatic carbocycles. The van der Waals surface area contributed by atoms with Gasteiger partial charge in [-0.2, -0.15) is 13.1 Å². The number of nitrogens with two attached hydrogens (primary N) is 1. The van der Waals surface area contributed by atoms with Crippen LogP contribution in [0.25, 0.3) is 0 Å². The maximum absolute atomic E-state index is 11.3. The normalized spacial score (nSPS) is 14.3. The lowest BCUT2D eigenvalue weighted by molar-refractivity contribution is 0.544. The predicted octanol–water partition coefficient (Wildman–Crippen LogP) is -0.609. The van der Waals surface area contributed by atoms with E-state index in [1.165, 1.54) is 6.92 Å². The fraction of sp³-hybridized carbons (Fsp3) is 0.857. The lowest BCUT2D eigenvalue weighted by atomic mass is 10.2. The highest BCUT2D eigenvalue weighted by atomic mass is 32.2. The molecular weight excluding hydrogens is 204 g/mol. The predicted molar refractivity (Wildman–Crippen MR) is 56.3 cm³/mol. The van der Waals surface area contributed by atoms with E-state index in [9.17, 15) is 8.42 Å². The highest BCUT2D eigenvalue weighted by Crippen LogP contribution is 1.90. The van der Waals surface area contributed by atoms with Gasteiger partial charge in [0.1, 0.15) is 5.84 Å². The minimum atomic E-state index is -3.54. The van der Waals surface area contributed by atoms with E-state index in [0.29, 0.717) is 6.54 Å². The number of hydrogen-bond acceptors (Lipinski definition) is 3. The molecule has 0 rings (SSSR count). The standard InChI is InChI=1S/C7H18N4O2S/c1-5(2)4-10-14(12,13)11-6(3)7(8)9/h5-6,10-11H,4H2,1-3H3,(H3,8,9). The SMILES string of the molecule is CC(C)CNS(=O)(=O)NC(C)C(=N)N. The van der Waals surface area contributed by atoms with Gasteiger partial charge >= 0.3 is 0 Å². The molecule has 0 bridgehead atoms. The molecule has 7 heteroatoms. The van der Waals surface area contributed by atoms with Crippen molar-refractivity contribution in [3.05, 3.63) is 0 Å². The van der Waals surface area contributed by atoms with E-state index in [1.807, 2.05) is 13.8 Å². The van der Waals surface area contributed by atoms with Crippen LogP contribution in [-0.2, 0) is 10.2 Å². The highest BCUT2D eigenvalue weighted by molar-refractivity contribution is 7.87. The zero-order chi connectivity index (χ0) is 11.4. The number of hydrogen-bond donors (Lipinski definition) is 4. The molecular formula is C7H18N4O2S. The van der Waals surface area contributed by atoms with E-state index in [2.05, 4.69) is 9.44 Å². The largest absolute Gasteiger partial charge is 0.386 e. The van der Waals surface area contributed by atoms with E-state index < -0.39 is 16.3 Å². The first-order valence-corrected chi connectivity index (χ1v) is 5.83. The summed E-state index contributed by atoms with van der Waals surface area (Å²) in [6, 6.07) is -0.681. The van der Waals surface area contributed by atoms with E-state index >= 15 is 0 Å². The van der Waals surface area contributed by atoms with Crippen molar-refractivity contribution < 1.29 is 8.42 Å². The smallest absolute Gasteiger partial charge is 0.277 e. The lowest BCUT2D eigenvalue weighted by Crippen LogP contribution is -2.47. The van der Waals surface area contributed by atoms with Crippen molar-refractivity contribution in [3.8, 4) is 0 Å². The van der Waals surface area contributed by atoms with E-state index in [-0.39, 0.29) is 11.8 Å². The molecule has 0 saturated heterocycles. The van der Waals surface area contributed by atoms with Crippen LogP contribution in [0, 0.1) is 11.3 Å². The molecule has 0 aromatic heterocycles. The maximum Gasteiger partial charge on any atom is 0.277 e. The Morgan fingerprint density at radius 3 is 2.29 bits per heavy atom. The van der Waals surface area contributed by atoms with Crippen LogP contribution in [0.1, 0.15) is 20.8 Å². The van der Waals surface area contributed by atoms with Crippen LogP contribution < -0.4 is 15.2 Å². The molecule has 0 aliphatic heterocycles. The molecule has 0 heterocycles. The van der Waals surface area contributed by atoms with E-state index in [0.717, 1.165) is 0 Å². The van der Waals surface area contributed by atoms with Gasteiger partial charge in [-0.3, -0.25) is 5.41 Å². The van der Waals surface area contributed by atoms with Gasteiger partial charge in [-0.1, -0.05) is 13.8 Å². The molecule has 5 N–H and O–H groups in total. The number of rotatable bonds is 6. The van der Waals surface area contributed by atoms with Gasteiger partial charge in [0.25, 0.3) is 10.2 Å². The van der Waals surface area contributed by atoms with Crippen LogP contribution in [0.2, 0.25) is 0 Å². The molecule has 0 saturated carbocycles. The summed E-state index contributed by atoms with van der Waals surface area (Å²) in [6.07, 6.45) is 0. The molecule has 84 valence electrons. The van der Waals surface area contributed by atoms with Crippen molar-refractivity contribution in [1.29, 1.82) is 5.41 Å². The third-order valence-corrected chi connectivity index (χ3v) is 2.69. The van der Waals surface area contributed by atoms with Crippen molar-refractivity contribution in [3.63, 3.8) is 0 Å². The summed E-state index contributed by atoms with van der Waals surface area (Å²) < 4.78 is 27.1. The summed E-state index contributed by atoms with van der Waals surface area (Å²) in [5, 5.41) is 7.02. The summed E-state index contributed by atoms with van der Waals surface area (Å²) in [5.41, 5.74) is 5.13. The summed E-state index contributed by atoms with van der Waals surface area (Å²) in [7, 11) is -3.54. The van der Waals surface area contributed by atoms with Gasteiger partial charge in [0, 0.05) is 6.54 Å². The molecule has 14 heavy (non-hydrogen) atoms. The van der Waals surface area contributed by atoms with Crippen molar-refractivity contribution in [1.82, 2.24) is 9.44 Å². The van der Waals surface area contributed by atoms with Crippen molar-refractivity contribution in [2.24, 2.45) is 11.7 Å². The Labute approximate surface area is 85.0 Å². The van der Waals surface area contributed by atoms with Crippen LogP contribution in [-0.4, -0.2) is 26.8 Å². The minimum Gasteiger partial charge on any atom is -0.386 e. The Morgan fingerprint density at radius 1 is 1.43 bits per heavy atom. The average Bonchev–Trinajstić information content (AvgIpc) is 2.00. The highest BCUT2D eigenvalue weighted by Gasteiger charge is 2.15. The fourth-order valence-corrected chi connectivity index (χ4v) is 1.84. The third-order valence-electron chi connectivity index (χ3n) is 1.48. The zero-order valence-corrected chi connectivity index (χ0v) is 9.48. The molecule has 0 fully saturated rings. The molecule has 0 aromatic carbocycles. The van der Waals surface area contributed by atoms with Crippen molar-refractivity contribution in [2.75, 3.05) is 6.54 Å². The molecule has 0 spiro atoms. The second-order valence-corrected chi connectivity index (χ2v) is 5.07. The van der Waals surface area contributed by atoms with Crippen LogP contribution in [0.5, 0.6) is 0 Å². The van der Waals surface area contributed by atoms with Gasteiger partial charge in [-0.15, -0.1) is 0 Å². The van der Waals surface area contributed by atoms with Gasteiger partial charge in [-0.05, 0) is 12.8 Å². The number of nitrogens with one attached hydrogen (secondary N) is 3. The van der Waals surface area contributed by atoms with Gasteiger partial charge in [0.05, 0.1) is 6.04 Å². The van der Waals surface area contributed by atoms with Crippen molar-refractivity contribution in [2.45, 2.75) is 26.8 Å². The molecule has 0 aromatic rings. The molecule has 1 atom stereocenters. The quantitative estimate of drug-likeness (QED) is 0.355. The summed E-state index contributed by atoms with van der Waals surface area (Å²) in [4.78, 5) is 0. The fourth-order valence-electron chi connectivity index (χ4n) is 0.614. The maximum atomic E-state index is 11.3. The molecule has 1 unspecified atom stereocenters. The summed E-state index contributed by atoms with van der Waals surface area (Å²) in [5.74, 6) is 0.0270. The zero-order valence-electron chi connectivity index (χ0n) is 8.66. The third kappa shape index (κ3) is 5.90. The van der Waals surface area contributed by atoms with E-state index in [4.69, 9.17) is 11.1 Å².